The summed E-state index contributed by atoms with van der Waals surface area (Å²) < 4.78 is 2.05. The Kier molecular flexibility index (Phi) is 2.07. The van der Waals surface area contributed by atoms with Crippen LogP contribution >= 0.6 is 0 Å². The van der Waals surface area contributed by atoms with Gasteiger partial charge in [-0.2, -0.15) is 0 Å². The van der Waals surface area contributed by atoms with Crippen molar-refractivity contribution in [3.8, 4) is 0 Å². The Hall–Kier alpha value is -1.38. The first-order chi connectivity index (χ1) is 6.91. The molecule has 0 saturated carbocycles. The highest BCUT2D eigenvalue weighted by molar-refractivity contribution is 5.53. The molecule has 80 valence electrons. The highest BCUT2D eigenvalue weighted by Gasteiger charge is 2.22. The topological polar surface area (TPSA) is 30.2 Å². The average Bonchev–Trinajstić information content (AvgIpc) is 2.49. The van der Waals surface area contributed by atoms with E-state index in [1.807, 2.05) is 23.7 Å². The molecule has 0 aromatic carbocycles. The Bertz CT molecular complexity index is 503. The number of fused-ring (bicyclic) bond motifs is 1. The van der Waals surface area contributed by atoms with Crippen LogP contribution in [0.15, 0.2) is 12.4 Å². The number of hydrogen-bond donors (Lipinski definition) is 0. The smallest absolute Gasteiger partial charge is 0.143 e. The van der Waals surface area contributed by atoms with Crippen molar-refractivity contribution in [2.75, 3.05) is 0 Å². The molecule has 2 aromatic rings. The monoisotopic (exact) mass is 203 g/mol. The average molecular weight is 203 g/mol. The Morgan fingerprint density at radius 3 is 2.47 bits per heavy atom. The number of nitrogens with zero attached hydrogens (tertiary/aromatic N) is 3. The summed E-state index contributed by atoms with van der Waals surface area (Å²) in [5.74, 6) is 0.994. The van der Waals surface area contributed by atoms with Crippen molar-refractivity contribution in [2.24, 2.45) is 0 Å². The second kappa shape index (κ2) is 3.05. The lowest BCUT2D eigenvalue weighted by Gasteiger charge is -2.22. The van der Waals surface area contributed by atoms with Crippen LogP contribution in [0.4, 0.5) is 0 Å². The van der Waals surface area contributed by atoms with E-state index in [0.717, 1.165) is 17.2 Å². The zero-order chi connectivity index (χ0) is 11.2. The van der Waals surface area contributed by atoms with Gasteiger partial charge in [0.05, 0.1) is 0 Å². The molecule has 0 N–H and O–H groups in total. The Labute approximate surface area is 90.2 Å². The van der Waals surface area contributed by atoms with Crippen LogP contribution in [0.5, 0.6) is 0 Å². The normalized spacial score (nSPS) is 12.3. The van der Waals surface area contributed by atoms with Crippen molar-refractivity contribution >= 4 is 5.65 Å². The largest absolute Gasteiger partial charge is 0.288 e. The molecule has 0 saturated heterocycles. The van der Waals surface area contributed by atoms with Gasteiger partial charge in [-0.3, -0.25) is 4.40 Å². The van der Waals surface area contributed by atoms with E-state index >= 15 is 0 Å². The van der Waals surface area contributed by atoms with Gasteiger partial charge >= 0.3 is 0 Å². The van der Waals surface area contributed by atoms with Crippen LogP contribution < -0.4 is 0 Å². The minimum Gasteiger partial charge on any atom is -0.288 e. The Balaban J connectivity index is 2.89. The van der Waals surface area contributed by atoms with Gasteiger partial charge in [0, 0.05) is 23.7 Å². The summed E-state index contributed by atoms with van der Waals surface area (Å²) in [7, 11) is 0. The quantitative estimate of drug-likeness (QED) is 0.659. The maximum absolute atomic E-state index is 4.56. The van der Waals surface area contributed by atoms with Gasteiger partial charge in [0.15, 0.2) is 0 Å². The van der Waals surface area contributed by atoms with Gasteiger partial charge in [-0.05, 0) is 19.3 Å². The fraction of sp³-hybridized carbons (Fsp3) is 0.500. The molecule has 0 radical (unpaired) electrons. The van der Waals surface area contributed by atoms with Crippen molar-refractivity contribution in [1.82, 2.24) is 14.4 Å². The summed E-state index contributed by atoms with van der Waals surface area (Å²) in [5.41, 5.74) is 3.43. The minimum atomic E-state index is 0.0807. The summed E-state index contributed by atoms with van der Waals surface area (Å²) in [6.45, 7) is 10.7. The van der Waals surface area contributed by atoms with Gasteiger partial charge in [-0.25, -0.2) is 9.97 Å². The molecular weight excluding hydrogens is 186 g/mol. The van der Waals surface area contributed by atoms with Crippen molar-refractivity contribution in [1.29, 1.82) is 0 Å². The third-order valence-electron chi connectivity index (χ3n) is 2.65. The maximum atomic E-state index is 4.56. The van der Waals surface area contributed by atoms with E-state index in [4.69, 9.17) is 0 Å². The van der Waals surface area contributed by atoms with Gasteiger partial charge in [0.25, 0.3) is 0 Å². The van der Waals surface area contributed by atoms with Gasteiger partial charge in [-0.15, -0.1) is 0 Å². The molecule has 2 heterocycles. The van der Waals surface area contributed by atoms with E-state index < -0.39 is 0 Å². The maximum Gasteiger partial charge on any atom is 0.143 e. The van der Waals surface area contributed by atoms with Crippen LogP contribution in [0.2, 0.25) is 0 Å². The molecule has 0 amide bonds. The summed E-state index contributed by atoms with van der Waals surface area (Å²) in [6.07, 6.45) is 3.80. The van der Waals surface area contributed by atoms with Gasteiger partial charge in [-0.1, -0.05) is 20.8 Å². The third kappa shape index (κ3) is 1.52. The lowest BCUT2D eigenvalue weighted by atomic mass is 9.86. The highest BCUT2D eigenvalue weighted by atomic mass is 15.1. The molecular formula is C12H17N3. The number of rotatable bonds is 0. The highest BCUT2D eigenvalue weighted by Crippen LogP contribution is 2.28. The number of aromatic nitrogens is 3. The zero-order valence-electron chi connectivity index (χ0n) is 10.00. The predicted molar refractivity (Wildman–Crippen MR) is 61.2 cm³/mol. The lowest BCUT2D eigenvalue weighted by molar-refractivity contribution is 0.581. The summed E-state index contributed by atoms with van der Waals surface area (Å²) in [4.78, 5) is 8.99. The van der Waals surface area contributed by atoms with Crippen LogP contribution in [-0.2, 0) is 5.41 Å². The predicted octanol–water partition coefficient (Wildman–Crippen LogP) is 2.64. The van der Waals surface area contributed by atoms with Crippen LogP contribution in [0, 0.1) is 13.8 Å². The van der Waals surface area contributed by atoms with E-state index in [1.54, 1.807) is 0 Å². The second-order valence-electron chi connectivity index (χ2n) is 4.99. The molecule has 0 bridgehead atoms. The third-order valence-corrected chi connectivity index (χ3v) is 2.65. The second-order valence-corrected chi connectivity index (χ2v) is 4.99. The van der Waals surface area contributed by atoms with E-state index in [2.05, 4.69) is 37.7 Å². The molecule has 2 rings (SSSR count). The van der Waals surface area contributed by atoms with Gasteiger partial charge in [0.2, 0.25) is 0 Å². The van der Waals surface area contributed by atoms with Crippen LogP contribution in [0.1, 0.15) is 37.9 Å². The van der Waals surface area contributed by atoms with Gasteiger partial charge in [0.1, 0.15) is 11.5 Å². The zero-order valence-corrected chi connectivity index (χ0v) is 10.00. The first-order valence-electron chi connectivity index (χ1n) is 5.22. The molecule has 0 atom stereocenters. The van der Waals surface area contributed by atoms with Crippen LogP contribution in [0.25, 0.3) is 5.65 Å². The Morgan fingerprint density at radius 2 is 1.87 bits per heavy atom. The molecule has 2 aromatic heterocycles. The van der Waals surface area contributed by atoms with Crippen molar-refractivity contribution < 1.29 is 0 Å². The fourth-order valence-corrected chi connectivity index (χ4v) is 2.14. The van der Waals surface area contributed by atoms with Crippen LogP contribution in [-0.4, -0.2) is 14.4 Å². The molecule has 3 heteroatoms. The molecule has 0 aliphatic carbocycles. The molecule has 15 heavy (non-hydrogen) atoms. The minimum absolute atomic E-state index is 0.0807. The van der Waals surface area contributed by atoms with Gasteiger partial charge < -0.3 is 0 Å². The molecule has 0 spiro atoms. The van der Waals surface area contributed by atoms with Crippen molar-refractivity contribution in [3.63, 3.8) is 0 Å². The van der Waals surface area contributed by atoms with E-state index in [9.17, 15) is 0 Å². The van der Waals surface area contributed by atoms with Crippen molar-refractivity contribution in [2.45, 2.75) is 40.0 Å². The van der Waals surface area contributed by atoms with E-state index in [-0.39, 0.29) is 5.41 Å². The SMILES string of the molecule is Cc1nc(C)n2ccnc2c1C(C)(C)C. The molecule has 3 nitrogen and oxygen atoms in total. The number of hydrogen-bond acceptors (Lipinski definition) is 2. The summed E-state index contributed by atoms with van der Waals surface area (Å²) in [6, 6.07) is 0. The number of aryl methyl sites for hydroxylation is 2. The molecule has 0 aliphatic heterocycles. The molecule has 0 unspecified atom stereocenters. The first-order valence-corrected chi connectivity index (χ1v) is 5.22. The lowest BCUT2D eigenvalue weighted by Crippen LogP contribution is -2.17. The standard InChI is InChI=1S/C12H17N3/c1-8-10(12(3,4)5)11-13-6-7-15(11)9(2)14-8/h6-7H,1-5H3. The van der Waals surface area contributed by atoms with E-state index in [1.165, 1.54) is 5.56 Å². The summed E-state index contributed by atoms with van der Waals surface area (Å²) >= 11 is 0. The number of imidazole rings is 1. The Morgan fingerprint density at radius 1 is 1.20 bits per heavy atom. The molecule has 0 aliphatic rings. The molecule has 0 fully saturated rings. The van der Waals surface area contributed by atoms with Crippen molar-refractivity contribution in [3.05, 3.63) is 29.5 Å². The summed E-state index contributed by atoms with van der Waals surface area (Å²) in [5, 5.41) is 0. The van der Waals surface area contributed by atoms with Crippen LogP contribution in [0.3, 0.4) is 0 Å². The first kappa shape index (κ1) is 10.1. The fourth-order valence-electron chi connectivity index (χ4n) is 2.14. The van der Waals surface area contributed by atoms with E-state index in [0.29, 0.717) is 0 Å².